The molecule has 1 aromatic heterocycles. The number of thiazole rings is 1. The summed E-state index contributed by atoms with van der Waals surface area (Å²) in [4.78, 5) is 20.0. The largest absolute Gasteiger partial charge is 0.336 e. The fourth-order valence-corrected chi connectivity index (χ4v) is 4.50. The summed E-state index contributed by atoms with van der Waals surface area (Å²) in [6.07, 6.45) is 7.10. The van der Waals surface area contributed by atoms with Crippen molar-refractivity contribution in [2.45, 2.75) is 57.4 Å². The molecule has 126 valence electrons. The summed E-state index contributed by atoms with van der Waals surface area (Å²) >= 11 is 1.62. The van der Waals surface area contributed by atoms with E-state index in [0.29, 0.717) is 12.5 Å². The molecule has 1 aromatic rings. The van der Waals surface area contributed by atoms with Crippen LogP contribution >= 0.6 is 36.2 Å². The highest BCUT2D eigenvalue weighted by Gasteiger charge is 2.28. The molecule has 0 aromatic carbocycles. The molecule has 1 unspecified atom stereocenters. The maximum absolute atomic E-state index is 12.6. The van der Waals surface area contributed by atoms with Gasteiger partial charge in [0.05, 0.1) is 10.7 Å². The standard InChI is InChI=1S/C15H23N3OS.2ClH/c1-10-13(15(19)18-8-4-7-12(16)9-18)20-14(17-10)11-5-2-3-6-11;;/h11-12H,2-9,16H2,1H3;2*1H. The van der Waals surface area contributed by atoms with Crippen LogP contribution in [-0.2, 0) is 0 Å². The Labute approximate surface area is 148 Å². The van der Waals surface area contributed by atoms with E-state index in [1.165, 1.54) is 30.7 Å². The molecule has 1 atom stereocenters. The van der Waals surface area contributed by atoms with Crippen molar-refractivity contribution in [3.05, 3.63) is 15.6 Å². The predicted octanol–water partition coefficient (Wildman–Crippen LogP) is 3.52. The Morgan fingerprint density at radius 3 is 2.55 bits per heavy atom. The van der Waals surface area contributed by atoms with Gasteiger partial charge in [0.15, 0.2) is 0 Å². The van der Waals surface area contributed by atoms with E-state index in [9.17, 15) is 4.79 Å². The van der Waals surface area contributed by atoms with Crippen LogP contribution in [0.2, 0.25) is 0 Å². The normalized spacial score (nSPS) is 22.1. The molecule has 1 aliphatic carbocycles. The van der Waals surface area contributed by atoms with Crippen molar-refractivity contribution in [3.8, 4) is 0 Å². The van der Waals surface area contributed by atoms with E-state index in [4.69, 9.17) is 5.73 Å². The summed E-state index contributed by atoms with van der Waals surface area (Å²) in [6, 6.07) is 0.134. The molecule has 1 saturated carbocycles. The second-order valence-corrected chi connectivity index (χ2v) is 7.13. The van der Waals surface area contributed by atoms with Crippen LogP contribution in [0.3, 0.4) is 0 Å². The van der Waals surface area contributed by atoms with Crippen LogP contribution in [0.4, 0.5) is 0 Å². The number of rotatable bonds is 2. The first-order valence-electron chi connectivity index (χ1n) is 7.67. The van der Waals surface area contributed by atoms with Crippen LogP contribution in [0.15, 0.2) is 0 Å². The van der Waals surface area contributed by atoms with Gasteiger partial charge >= 0.3 is 0 Å². The molecular weight excluding hydrogens is 341 g/mol. The number of aromatic nitrogens is 1. The van der Waals surface area contributed by atoms with E-state index in [2.05, 4.69) is 4.98 Å². The van der Waals surface area contributed by atoms with E-state index in [1.54, 1.807) is 11.3 Å². The summed E-state index contributed by atoms with van der Waals surface area (Å²) in [7, 11) is 0. The number of aryl methyl sites for hydroxylation is 1. The summed E-state index contributed by atoms with van der Waals surface area (Å²) in [5.41, 5.74) is 6.88. The first kappa shape index (κ1) is 19.7. The molecule has 22 heavy (non-hydrogen) atoms. The monoisotopic (exact) mass is 365 g/mol. The van der Waals surface area contributed by atoms with E-state index >= 15 is 0 Å². The average Bonchev–Trinajstić information content (AvgIpc) is 3.07. The van der Waals surface area contributed by atoms with Crippen molar-refractivity contribution < 1.29 is 4.79 Å². The molecular formula is C15H25Cl2N3OS. The van der Waals surface area contributed by atoms with Crippen molar-refractivity contribution in [2.24, 2.45) is 5.73 Å². The van der Waals surface area contributed by atoms with Crippen molar-refractivity contribution in [3.63, 3.8) is 0 Å². The number of amides is 1. The summed E-state index contributed by atoms with van der Waals surface area (Å²) in [5, 5.41) is 1.17. The van der Waals surface area contributed by atoms with Gasteiger partial charge in [-0.3, -0.25) is 4.79 Å². The Morgan fingerprint density at radius 1 is 1.23 bits per heavy atom. The molecule has 1 aliphatic heterocycles. The van der Waals surface area contributed by atoms with E-state index in [1.807, 2.05) is 11.8 Å². The lowest BCUT2D eigenvalue weighted by atomic mass is 10.1. The van der Waals surface area contributed by atoms with Gasteiger partial charge in [-0.1, -0.05) is 12.8 Å². The molecule has 1 saturated heterocycles. The Bertz CT molecular complexity index is 503. The maximum Gasteiger partial charge on any atom is 0.265 e. The second kappa shape index (κ2) is 8.48. The van der Waals surface area contributed by atoms with Crippen molar-refractivity contribution >= 4 is 42.1 Å². The second-order valence-electron chi connectivity index (χ2n) is 6.10. The summed E-state index contributed by atoms with van der Waals surface area (Å²) in [6.45, 7) is 3.49. The fraction of sp³-hybridized carbons (Fsp3) is 0.733. The third-order valence-electron chi connectivity index (χ3n) is 4.46. The topological polar surface area (TPSA) is 59.2 Å². The molecule has 0 radical (unpaired) electrons. The molecule has 2 N–H and O–H groups in total. The van der Waals surface area contributed by atoms with Crippen LogP contribution in [0.5, 0.6) is 0 Å². The van der Waals surface area contributed by atoms with Crippen LogP contribution in [-0.4, -0.2) is 34.9 Å². The number of halogens is 2. The summed E-state index contributed by atoms with van der Waals surface area (Å²) < 4.78 is 0. The van der Waals surface area contributed by atoms with Gasteiger partial charge in [0.2, 0.25) is 0 Å². The Hall–Kier alpha value is -0.360. The van der Waals surface area contributed by atoms with Crippen LogP contribution in [0.25, 0.3) is 0 Å². The Balaban J connectivity index is 0.00000121. The quantitative estimate of drug-likeness (QED) is 0.871. The van der Waals surface area contributed by atoms with E-state index in [-0.39, 0.29) is 36.8 Å². The molecule has 0 bridgehead atoms. The molecule has 1 amide bonds. The third kappa shape index (κ3) is 4.13. The minimum atomic E-state index is 0. The highest BCUT2D eigenvalue weighted by molar-refractivity contribution is 7.13. The number of hydrogen-bond donors (Lipinski definition) is 1. The number of nitrogens with zero attached hydrogens (tertiary/aromatic N) is 2. The Morgan fingerprint density at radius 2 is 1.91 bits per heavy atom. The maximum atomic E-state index is 12.6. The number of likely N-dealkylation sites (tertiary alicyclic amines) is 1. The minimum Gasteiger partial charge on any atom is -0.336 e. The van der Waals surface area contributed by atoms with Gasteiger partial charge in [-0.15, -0.1) is 36.2 Å². The smallest absolute Gasteiger partial charge is 0.265 e. The molecule has 2 aliphatic rings. The summed E-state index contributed by atoms with van der Waals surface area (Å²) in [5.74, 6) is 0.725. The lowest BCUT2D eigenvalue weighted by molar-refractivity contribution is 0.0713. The molecule has 2 heterocycles. The lowest BCUT2D eigenvalue weighted by Crippen LogP contribution is -2.45. The van der Waals surface area contributed by atoms with Gasteiger partial charge in [-0.25, -0.2) is 4.98 Å². The molecule has 2 fully saturated rings. The molecule has 0 spiro atoms. The van der Waals surface area contributed by atoms with Gasteiger partial charge in [0.25, 0.3) is 5.91 Å². The van der Waals surface area contributed by atoms with Gasteiger partial charge in [0.1, 0.15) is 4.88 Å². The van der Waals surface area contributed by atoms with E-state index in [0.717, 1.165) is 30.0 Å². The van der Waals surface area contributed by atoms with Crippen LogP contribution in [0, 0.1) is 6.92 Å². The highest BCUT2D eigenvalue weighted by Crippen LogP contribution is 2.37. The van der Waals surface area contributed by atoms with Gasteiger partial charge in [-0.05, 0) is 32.6 Å². The average molecular weight is 366 g/mol. The SMILES string of the molecule is Cc1nc(C2CCCC2)sc1C(=O)N1CCCC(N)C1.Cl.Cl. The van der Waals surface area contributed by atoms with Crippen molar-refractivity contribution in [2.75, 3.05) is 13.1 Å². The lowest BCUT2D eigenvalue weighted by Gasteiger charge is -2.30. The van der Waals surface area contributed by atoms with Crippen LogP contribution in [0.1, 0.15) is 64.8 Å². The zero-order valence-electron chi connectivity index (χ0n) is 12.9. The number of piperidine rings is 1. The van der Waals surface area contributed by atoms with Crippen molar-refractivity contribution in [1.82, 2.24) is 9.88 Å². The molecule has 4 nitrogen and oxygen atoms in total. The minimum absolute atomic E-state index is 0. The third-order valence-corrected chi connectivity index (χ3v) is 5.76. The number of carbonyl (C=O) groups excluding carboxylic acids is 1. The van der Waals surface area contributed by atoms with Gasteiger partial charge < -0.3 is 10.6 Å². The zero-order chi connectivity index (χ0) is 14.1. The number of carbonyl (C=O) groups is 1. The zero-order valence-corrected chi connectivity index (χ0v) is 15.4. The highest BCUT2D eigenvalue weighted by atomic mass is 35.5. The first-order chi connectivity index (χ1) is 9.65. The first-order valence-corrected chi connectivity index (χ1v) is 8.49. The van der Waals surface area contributed by atoms with Gasteiger partial charge in [0, 0.05) is 25.0 Å². The molecule has 3 rings (SSSR count). The van der Waals surface area contributed by atoms with Crippen molar-refractivity contribution in [1.29, 1.82) is 0 Å². The predicted molar refractivity (Wildman–Crippen MR) is 95.7 cm³/mol. The fourth-order valence-electron chi connectivity index (χ4n) is 3.30. The number of hydrogen-bond acceptors (Lipinski definition) is 4. The van der Waals surface area contributed by atoms with Crippen LogP contribution < -0.4 is 5.73 Å². The Kier molecular flexibility index (Phi) is 7.59. The van der Waals surface area contributed by atoms with Gasteiger partial charge in [-0.2, -0.15) is 0 Å². The van der Waals surface area contributed by atoms with E-state index < -0.39 is 0 Å². The number of nitrogens with two attached hydrogens (primary N) is 1. The molecule has 7 heteroatoms.